The minimum absolute atomic E-state index is 0.0582. The largest absolute Gasteiger partial charge is 0.508 e. The van der Waals surface area contributed by atoms with Crippen LogP contribution in [-0.4, -0.2) is 57.6 Å². The van der Waals surface area contributed by atoms with Gasteiger partial charge in [-0.15, -0.1) is 0 Å². The van der Waals surface area contributed by atoms with Crippen LogP contribution in [0.3, 0.4) is 0 Å². The molecule has 0 saturated carbocycles. The molecule has 3 aromatic rings. The monoisotopic (exact) mass is 630 g/mol. The van der Waals surface area contributed by atoms with Gasteiger partial charge in [0, 0.05) is 31.1 Å². The van der Waals surface area contributed by atoms with E-state index in [0.717, 1.165) is 11.1 Å². The van der Waals surface area contributed by atoms with Crippen LogP contribution in [0.1, 0.15) is 43.4 Å². The molecule has 5 atom stereocenters. The Morgan fingerprint density at radius 3 is 1.52 bits per heavy atom. The number of Topliss-reactive ketones (excluding diaryl/α,β-unsaturated/α-hetero) is 2. The predicted octanol–water partition coefficient (Wildman–Crippen LogP) is 2.10. The number of nitrogens with two attached hydrogens (primary N) is 2. The average Bonchev–Trinajstić information content (AvgIpc) is 3.02. The van der Waals surface area contributed by atoms with Crippen LogP contribution in [-0.2, 0) is 43.2 Å². The topological polar surface area (TPSA) is 202 Å². The molecule has 0 aromatic heterocycles. The lowest BCUT2D eigenvalue weighted by molar-refractivity contribution is -0.134. The Hall–Kier alpha value is -5.03. The van der Waals surface area contributed by atoms with Gasteiger partial charge < -0.3 is 32.3 Å². The zero-order valence-corrected chi connectivity index (χ0v) is 26.0. The average molecular weight is 631 g/mol. The second-order valence-corrected chi connectivity index (χ2v) is 11.7. The predicted molar refractivity (Wildman–Crippen MR) is 172 cm³/mol. The molecular weight excluding hydrogens is 588 g/mol. The third-order valence-electron chi connectivity index (χ3n) is 7.74. The van der Waals surface area contributed by atoms with Crippen LogP contribution in [0.25, 0.3) is 0 Å². The van der Waals surface area contributed by atoms with Crippen molar-refractivity contribution in [2.45, 2.75) is 64.1 Å². The van der Waals surface area contributed by atoms with Crippen LogP contribution in [0.4, 0.5) is 0 Å². The first-order valence-electron chi connectivity index (χ1n) is 15.1. The maximum Gasteiger partial charge on any atom is 0.240 e. The maximum absolute atomic E-state index is 13.5. The normalized spacial score (nSPS) is 14.2. The number of carbonyl (C=O) groups excluding carboxylic acids is 5. The number of hydrogen-bond donors (Lipinski definition) is 6. The highest BCUT2D eigenvalue weighted by molar-refractivity contribution is 5.95. The van der Waals surface area contributed by atoms with E-state index in [-0.39, 0.29) is 49.4 Å². The molecule has 0 aliphatic carbocycles. The summed E-state index contributed by atoms with van der Waals surface area (Å²) in [6, 6.07) is 18.7. The lowest BCUT2D eigenvalue weighted by Crippen LogP contribution is -2.49. The maximum atomic E-state index is 13.5. The van der Waals surface area contributed by atoms with E-state index in [0.29, 0.717) is 5.56 Å². The second-order valence-electron chi connectivity index (χ2n) is 11.7. The minimum atomic E-state index is -1.03. The van der Waals surface area contributed by atoms with Crippen molar-refractivity contribution in [1.82, 2.24) is 10.6 Å². The molecule has 3 aromatic carbocycles. The minimum Gasteiger partial charge on any atom is -0.508 e. The summed E-state index contributed by atoms with van der Waals surface area (Å²) in [5, 5.41) is 24.3. The van der Waals surface area contributed by atoms with E-state index in [4.69, 9.17) is 11.5 Å². The van der Waals surface area contributed by atoms with Crippen molar-refractivity contribution < 1.29 is 34.2 Å². The number of aromatic hydroxyl groups is 2. The summed E-state index contributed by atoms with van der Waals surface area (Å²) < 4.78 is 0. The molecule has 11 heteroatoms. The number of amides is 3. The fourth-order valence-electron chi connectivity index (χ4n) is 4.90. The van der Waals surface area contributed by atoms with Gasteiger partial charge in [0.1, 0.15) is 17.5 Å². The lowest BCUT2D eigenvalue weighted by atomic mass is 9.93. The van der Waals surface area contributed by atoms with Gasteiger partial charge in [-0.3, -0.25) is 24.0 Å². The Morgan fingerprint density at radius 2 is 1.02 bits per heavy atom. The molecule has 0 aliphatic heterocycles. The van der Waals surface area contributed by atoms with Crippen LogP contribution in [0.5, 0.6) is 11.5 Å². The molecule has 11 nitrogen and oxygen atoms in total. The number of rotatable bonds is 17. The SMILES string of the molecule is C[C@@H](CC(=O)[C@H](Cc1ccccc1)NC(=O)[C@@H](C)CC(=O)[C@@H](N)Cc1ccc(O)cc1)C(=O)N[C@@H](Cc1ccc(O)cc1)C(N)=O. The van der Waals surface area contributed by atoms with Crippen molar-refractivity contribution in [2.24, 2.45) is 23.3 Å². The van der Waals surface area contributed by atoms with E-state index >= 15 is 0 Å². The number of carbonyl (C=O) groups is 5. The Kier molecular flexibility index (Phi) is 13.0. The Bertz CT molecular complexity index is 1490. The molecule has 0 saturated heterocycles. The van der Waals surface area contributed by atoms with Gasteiger partial charge in [0.2, 0.25) is 17.7 Å². The molecule has 0 fully saturated rings. The van der Waals surface area contributed by atoms with E-state index in [1.807, 2.05) is 30.3 Å². The van der Waals surface area contributed by atoms with E-state index in [1.54, 1.807) is 38.1 Å². The van der Waals surface area contributed by atoms with E-state index in [1.165, 1.54) is 24.3 Å². The number of primary amides is 1. The standard InChI is InChI=1S/C35H42N4O7/c1-21(16-31(42)28(36)18-24-8-12-26(40)13-9-24)34(45)38-29(19-23-6-4-3-5-7-23)32(43)17-22(2)35(46)39-30(33(37)44)20-25-10-14-27(41)15-11-25/h3-15,21-22,28-30,40-41H,16-20,36H2,1-2H3,(H2,37,44)(H,38,45)(H,39,46)/t21-,22-,28-,29-,30-/m0/s1. The Labute approximate surface area is 268 Å². The molecule has 0 bridgehead atoms. The zero-order valence-electron chi connectivity index (χ0n) is 26.0. The molecule has 0 spiro atoms. The molecule has 8 N–H and O–H groups in total. The van der Waals surface area contributed by atoms with Crippen molar-refractivity contribution in [3.05, 3.63) is 95.6 Å². The molecule has 3 rings (SSSR count). The van der Waals surface area contributed by atoms with Gasteiger partial charge in [-0.2, -0.15) is 0 Å². The second kappa shape index (κ2) is 16.9. The summed E-state index contributed by atoms with van der Waals surface area (Å²) in [7, 11) is 0. The molecule has 3 amide bonds. The third kappa shape index (κ3) is 11.2. The number of benzene rings is 3. The van der Waals surface area contributed by atoms with Crippen molar-refractivity contribution in [2.75, 3.05) is 0 Å². The first-order chi connectivity index (χ1) is 21.8. The van der Waals surface area contributed by atoms with Gasteiger partial charge in [0.15, 0.2) is 11.6 Å². The number of hydrogen-bond acceptors (Lipinski definition) is 8. The van der Waals surface area contributed by atoms with Gasteiger partial charge in [-0.05, 0) is 53.8 Å². The van der Waals surface area contributed by atoms with Crippen molar-refractivity contribution >= 4 is 29.3 Å². The highest BCUT2D eigenvalue weighted by Crippen LogP contribution is 2.16. The van der Waals surface area contributed by atoms with Crippen molar-refractivity contribution in [3.63, 3.8) is 0 Å². The smallest absolute Gasteiger partial charge is 0.240 e. The van der Waals surface area contributed by atoms with Crippen LogP contribution in [0.2, 0.25) is 0 Å². The highest BCUT2D eigenvalue weighted by Gasteiger charge is 2.30. The molecule has 0 unspecified atom stereocenters. The quantitative estimate of drug-likeness (QED) is 0.130. The molecule has 0 radical (unpaired) electrons. The van der Waals surface area contributed by atoms with Crippen molar-refractivity contribution in [1.29, 1.82) is 0 Å². The molecule has 0 aliphatic rings. The number of phenols is 2. The summed E-state index contributed by atoms with van der Waals surface area (Å²) in [4.78, 5) is 64.6. The molecule has 244 valence electrons. The van der Waals surface area contributed by atoms with Gasteiger partial charge in [-0.1, -0.05) is 68.4 Å². The first-order valence-corrected chi connectivity index (χ1v) is 15.1. The zero-order chi connectivity index (χ0) is 33.8. The summed E-state index contributed by atoms with van der Waals surface area (Å²) in [6.07, 6.45) is 0.161. The summed E-state index contributed by atoms with van der Waals surface area (Å²) in [5.41, 5.74) is 13.8. The van der Waals surface area contributed by atoms with Crippen LogP contribution >= 0.6 is 0 Å². The van der Waals surface area contributed by atoms with Gasteiger partial charge in [-0.25, -0.2) is 0 Å². The first kappa shape index (κ1) is 35.4. The van der Waals surface area contributed by atoms with Crippen LogP contribution < -0.4 is 22.1 Å². The Morgan fingerprint density at radius 1 is 0.609 bits per heavy atom. The van der Waals surface area contributed by atoms with Gasteiger partial charge >= 0.3 is 0 Å². The molecular formula is C35H42N4O7. The lowest BCUT2D eigenvalue weighted by Gasteiger charge is -2.23. The van der Waals surface area contributed by atoms with E-state index in [9.17, 15) is 34.2 Å². The van der Waals surface area contributed by atoms with Crippen molar-refractivity contribution in [3.8, 4) is 11.5 Å². The summed E-state index contributed by atoms with van der Waals surface area (Å²) in [6.45, 7) is 3.13. The van der Waals surface area contributed by atoms with Crippen LogP contribution in [0.15, 0.2) is 78.9 Å². The number of nitrogens with one attached hydrogen (secondary N) is 2. The number of ketones is 2. The molecule has 46 heavy (non-hydrogen) atoms. The Balaban J connectivity index is 1.63. The third-order valence-corrected chi connectivity index (χ3v) is 7.74. The highest BCUT2D eigenvalue weighted by atomic mass is 16.3. The summed E-state index contributed by atoms with van der Waals surface area (Å²) in [5.74, 6) is -3.98. The van der Waals surface area contributed by atoms with E-state index in [2.05, 4.69) is 10.6 Å². The number of phenolic OH excluding ortho intramolecular Hbond substituents is 2. The molecule has 0 heterocycles. The van der Waals surface area contributed by atoms with Gasteiger partial charge in [0.05, 0.1) is 12.1 Å². The van der Waals surface area contributed by atoms with Crippen LogP contribution in [0, 0.1) is 11.8 Å². The fraction of sp³-hybridized carbons (Fsp3) is 0.343. The summed E-state index contributed by atoms with van der Waals surface area (Å²) >= 11 is 0. The van der Waals surface area contributed by atoms with Gasteiger partial charge in [0.25, 0.3) is 0 Å². The fourth-order valence-corrected chi connectivity index (χ4v) is 4.90. The van der Waals surface area contributed by atoms with E-state index < -0.39 is 53.5 Å².